The van der Waals surface area contributed by atoms with Gasteiger partial charge in [-0.15, -0.1) is 45.3 Å². The lowest BCUT2D eigenvalue weighted by Crippen LogP contribution is -2.28. The molecule has 2 aromatic carbocycles. The first-order valence-corrected chi connectivity index (χ1v) is 21.0. The fourth-order valence-corrected chi connectivity index (χ4v) is 14.9. The van der Waals surface area contributed by atoms with Gasteiger partial charge in [0.25, 0.3) is 11.4 Å². The summed E-state index contributed by atoms with van der Waals surface area (Å²) in [5.74, 6) is -5.93. The number of nitriles is 2. The van der Waals surface area contributed by atoms with Gasteiger partial charge in [-0.2, -0.15) is 0 Å². The number of rotatable bonds is 2. The summed E-state index contributed by atoms with van der Waals surface area (Å²) in [5, 5.41) is 19.6. The number of carbonyl (C=O) groups excluding carboxylic acids is 2. The van der Waals surface area contributed by atoms with Crippen molar-refractivity contribution in [1.82, 2.24) is 0 Å². The zero-order chi connectivity index (χ0) is 40.4. The highest BCUT2D eigenvalue weighted by atomic mass is 32.1. The minimum Gasteiger partial charge on any atom is -0.289 e. The summed E-state index contributed by atoms with van der Waals surface area (Å²) in [7, 11) is 0. The van der Waals surface area contributed by atoms with Crippen molar-refractivity contribution >= 4 is 108 Å². The summed E-state index contributed by atoms with van der Waals surface area (Å²) in [6, 6.07) is 8.95. The smallest absolute Gasteiger partial charge is 0.270 e. The van der Waals surface area contributed by atoms with Crippen LogP contribution < -0.4 is 0 Å². The van der Waals surface area contributed by atoms with Gasteiger partial charge >= 0.3 is 0 Å². The van der Waals surface area contributed by atoms with Crippen LogP contribution in [0.4, 0.5) is 17.6 Å². The van der Waals surface area contributed by atoms with Crippen LogP contribution in [-0.2, 0) is 5.41 Å². The van der Waals surface area contributed by atoms with Gasteiger partial charge in [0.1, 0.15) is 0 Å². The molecule has 0 unspecified atom stereocenters. The Morgan fingerprint density at radius 2 is 1.17 bits per heavy atom. The zero-order valence-corrected chi connectivity index (χ0v) is 32.7. The molecule has 6 nitrogen and oxygen atoms in total. The molecule has 0 N–H and O–H groups in total. The molecule has 0 radical (unpaired) electrons. The summed E-state index contributed by atoms with van der Waals surface area (Å²) in [5.41, 5.74) is 0.686. The number of fused-ring (bicyclic) bond motifs is 10. The molecule has 0 bridgehead atoms. The number of hydrogen-bond donors (Lipinski definition) is 0. The second-order valence-electron chi connectivity index (χ2n) is 14.2. The molecule has 14 heteroatoms. The predicted molar refractivity (Wildman–Crippen MR) is 219 cm³/mol. The van der Waals surface area contributed by atoms with E-state index in [2.05, 4.69) is 15.8 Å². The molecule has 1 spiro atoms. The highest BCUT2D eigenvalue weighted by Crippen LogP contribution is 2.61. The molecule has 1 fully saturated rings. The molecule has 4 aliphatic rings. The van der Waals surface area contributed by atoms with Gasteiger partial charge in [-0.3, -0.25) is 9.59 Å². The Kier molecular flexibility index (Phi) is 8.02. The van der Waals surface area contributed by atoms with Gasteiger partial charge in [-0.05, 0) is 83.7 Å². The van der Waals surface area contributed by atoms with E-state index in [0.717, 1.165) is 95.0 Å². The van der Waals surface area contributed by atoms with E-state index in [1.54, 1.807) is 52.2 Å². The Bertz CT molecular complexity index is 3320. The Labute approximate surface area is 342 Å². The van der Waals surface area contributed by atoms with Crippen LogP contribution in [0.3, 0.4) is 0 Å². The summed E-state index contributed by atoms with van der Waals surface area (Å²) in [4.78, 5) is 35.8. The van der Waals surface area contributed by atoms with Gasteiger partial charge in [0.05, 0.1) is 48.8 Å². The van der Waals surface area contributed by atoms with Crippen molar-refractivity contribution in [2.75, 3.05) is 0 Å². The van der Waals surface area contributed by atoms with Crippen LogP contribution in [0.1, 0.15) is 79.3 Å². The number of allylic oxidation sites excluding steroid dienone is 8. The van der Waals surface area contributed by atoms with E-state index in [0.29, 0.717) is 4.88 Å². The first kappa shape index (κ1) is 36.1. The molecule has 4 heterocycles. The SMILES string of the molecule is [C-]#[N+]C(C#N)=C1/C(=C\c2cc3sc4c5sc6c(c5sc4c3s2)C2(CCCCC2)C(/C=C2\C(=O)c3cc(F)c(F)cc3\C2=C(\C#N)[N+]#[C-])=C6)C(=O)c2cc(F)c(F)cc21. The van der Waals surface area contributed by atoms with Crippen molar-refractivity contribution < 1.29 is 27.2 Å². The Hall–Kier alpha value is -6.26. The molecule has 6 aromatic rings. The van der Waals surface area contributed by atoms with Crippen molar-refractivity contribution in [3.8, 4) is 12.1 Å². The predicted octanol–water partition coefficient (Wildman–Crippen LogP) is 13.0. The molecule has 0 atom stereocenters. The second kappa shape index (κ2) is 12.9. The van der Waals surface area contributed by atoms with E-state index >= 15 is 0 Å². The number of halogens is 4. The molecular weight excluding hydrogens is 821 g/mol. The van der Waals surface area contributed by atoms with Crippen molar-refractivity contribution in [1.29, 1.82) is 10.5 Å². The average molecular weight is 839 g/mol. The Balaban J connectivity index is 1.10. The van der Waals surface area contributed by atoms with Gasteiger partial charge in [-0.25, -0.2) is 37.8 Å². The van der Waals surface area contributed by atoms with E-state index in [9.17, 15) is 37.7 Å². The summed E-state index contributed by atoms with van der Waals surface area (Å²) in [6.07, 6.45) is 9.88. The number of hydrogen-bond acceptors (Lipinski definition) is 8. The number of thiophene rings is 4. The topological polar surface area (TPSA) is 90.4 Å². The lowest BCUT2D eigenvalue weighted by atomic mass is 9.67. The first-order chi connectivity index (χ1) is 28.0. The van der Waals surface area contributed by atoms with Crippen LogP contribution in [-0.4, -0.2) is 11.6 Å². The average Bonchev–Trinajstić information content (AvgIpc) is 4.06. The molecule has 58 heavy (non-hydrogen) atoms. The molecule has 0 saturated heterocycles. The van der Waals surface area contributed by atoms with E-state index in [1.165, 1.54) is 16.9 Å². The second-order valence-corrected chi connectivity index (χ2v) is 18.4. The van der Waals surface area contributed by atoms with Gasteiger partial charge < -0.3 is 0 Å². The third-order valence-electron chi connectivity index (χ3n) is 11.3. The molecule has 0 amide bonds. The van der Waals surface area contributed by atoms with Crippen LogP contribution in [0.5, 0.6) is 0 Å². The Morgan fingerprint density at radius 3 is 1.72 bits per heavy atom. The zero-order valence-electron chi connectivity index (χ0n) is 29.4. The van der Waals surface area contributed by atoms with E-state index in [-0.39, 0.29) is 50.2 Å². The van der Waals surface area contributed by atoms with Crippen molar-refractivity contribution in [2.24, 2.45) is 0 Å². The summed E-state index contributed by atoms with van der Waals surface area (Å²) < 4.78 is 63.8. The molecule has 0 aliphatic heterocycles. The van der Waals surface area contributed by atoms with E-state index in [4.69, 9.17) is 13.1 Å². The van der Waals surface area contributed by atoms with Crippen LogP contribution >= 0.6 is 45.3 Å². The van der Waals surface area contributed by atoms with Crippen LogP contribution in [0.25, 0.3) is 61.2 Å². The maximum absolute atomic E-state index is 14.5. The number of Topliss-reactive ketones (excluding diaryl/α,β-unsaturated/α-hetero) is 2. The lowest BCUT2D eigenvalue weighted by molar-refractivity contribution is 0.103. The highest BCUT2D eigenvalue weighted by Gasteiger charge is 2.46. The normalized spacial score (nSPS) is 19.8. The minimum absolute atomic E-state index is 0.00448. The Morgan fingerprint density at radius 1 is 0.655 bits per heavy atom. The number of carbonyl (C=O) groups is 2. The molecule has 1 saturated carbocycles. The van der Waals surface area contributed by atoms with Crippen molar-refractivity contribution in [3.05, 3.63) is 148 Å². The summed E-state index contributed by atoms with van der Waals surface area (Å²) >= 11 is 6.36. The fraction of sp³-hybridized carbons (Fsp3) is 0.136. The van der Waals surface area contributed by atoms with Gasteiger partial charge in [0.2, 0.25) is 0 Å². The third kappa shape index (κ3) is 4.87. The van der Waals surface area contributed by atoms with E-state index < -0.39 is 45.9 Å². The number of ketones is 2. The summed E-state index contributed by atoms with van der Waals surface area (Å²) in [6.45, 7) is 15.2. The fourth-order valence-electron chi connectivity index (χ4n) is 8.88. The van der Waals surface area contributed by atoms with Crippen LogP contribution in [0, 0.1) is 59.1 Å². The minimum atomic E-state index is -1.20. The quantitative estimate of drug-likeness (QED) is 0.0752. The lowest BCUT2D eigenvalue weighted by Gasteiger charge is -2.36. The number of nitrogens with zero attached hydrogens (tertiary/aromatic N) is 4. The molecule has 10 rings (SSSR count). The van der Waals surface area contributed by atoms with Crippen LogP contribution in [0.15, 0.2) is 64.5 Å². The maximum atomic E-state index is 14.5. The van der Waals surface area contributed by atoms with Crippen molar-refractivity contribution in [2.45, 2.75) is 37.5 Å². The molecule has 278 valence electrons. The van der Waals surface area contributed by atoms with Gasteiger partial charge in [0.15, 0.2) is 34.8 Å². The molecule has 4 aliphatic carbocycles. The largest absolute Gasteiger partial charge is 0.289 e. The van der Waals surface area contributed by atoms with Gasteiger partial charge in [-0.1, -0.05) is 19.3 Å². The molecular formula is C44H18F4N4O2S4. The van der Waals surface area contributed by atoms with E-state index in [1.807, 2.05) is 12.1 Å². The third-order valence-corrected chi connectivity index (χ3v) is 16.6. The maximum Gasteiger partial charge on any atom is 0.270 e. The number of benzene rings is 2. The van der Waals surface area contributed by atoms with Crippen LogP contribution in [0.2, 0.25) is 0 Å². The van der Waals surface area contributed by atoms with Crippen molar-refractivity contribution in [3.63, 3.8) is 0 Å². The highest BCUT2D eigenvalue weighted by molar-refractivity contribution is 7.44. The first-order valence-electron chi connectivity index (χ1n) is 17.7. The van der Waals surface area contributed by atoms with Gasteiger partial charge in [0, 0.05) is 53.3 Å². The monoisotopic (exact) mass is 838 g/mol. The standard InChI is InChI=1S/C44H18F4N4O2S4/c1-51-30(16-49)34-20-12-26(45)28(47)14-22(20)37(53)24(34)8-18-9-32-36(44(18)6-4-3-5-7-44)40-42(56-32)43-41(58-40)39-33(57-43)11-19(55-39)10-25-35(31(17-50)52-2)21-13-27(46)29(48)15-23(21)38(25)54/h8-15H,3-7H2/b24-8-,25-10+,34-30+,35-31?. The molecule has 4 aromatic heterocycles.